The summed E-state index contributed by atoms with van der Waals surface area (Å²) < 4.78 is 4.85. The third-order valence-electron chi connectivity index (χ3n) is 5.52. The number of aliphatic hydroxyl groups is 1. The van der Waals surface area contributed by atoms with Crippen molar-refractivity contribution >= 4 is 5.97 Å². The molecule has 0 saturated heterocycles. The van der Waals surface area contributed by atoms with E-state index in [0.29, 0.717) is 25.0 Å². The summed E-state index contributed by atoms with van der Waals surface area (Å²) in [7, 11) is 0. The predicted octanol–water partition coefficient (Wildman–Crippen LogP) is 1.97. The maximum Gasteiger partial charge on any atom is 0.307 e. The number of rotatable bonds is 8. The summed E-state index contributed by atoms with van der Waals surface area (Å²) >= 11 is 0. The first-order valence-electron chi connectivity index (χ1n) is 9.42. The van der Waals surface area contributed by atoms with E-state index in [-0.39, 0.29) is 19.2 Å². The quantitative estimate of drug-likeness (QED) is 0.594. The first-order valence-corrected chi connectivity index (χ1v) is 9.42. The zero-order valence-corrected chi connectivity index (χ0v) is 14.3. The molecule has 23 heavy (non-hydrogen) atoms. The molecule has 0 spiro atoms. The van der Waals surface area contributed by atoms with E-state index in [9.17, 15) is 4.79 Å². The van der Waals surface area contributed by atoms with Gasteiger partial charge >= 0.3 is 5.97 Å². The van der Waals surface area contributed by atoms with Gasteiger partial charge in [0.2, 0.25) is 0 Å². The maximum atomic E-state index is 11.4. The van der Waals surface area contributed by atoms with Crippen LogP contribution in [-0.4, -0.2) is 42.9 Å². The molecule has 0 aliphatic heterocycles. The normalized spacial score (nSPS) is 31.7. The molecule has 0 amide bonds. The number of carbonyl (C=O) groups is 1. The molecule has 2 aliphatic carbocycles. The van der Waals surface area contributed by atoms with E-state index in [4.69, 9.17) is 15.6 Å². The average Bonchev–Trinajstić information content (AvgIpc) is 2.56. The van der Waals surface area contributed by atoms with Gasteiger partial charge in [0.15, 0.2) is 0 Å². The fourth-order valence-corrected chi connectivity index (χ4v) is 4.11. The average molecular weight is 326 g/mol. The molecule has 0 aromatic heterocycles. The largest absolute Gasteiger partial charge is 0.463 e. The number of hydrogen-bond donors (Lipinski definition) is 3. The molecule has 0 unspecified atom stereocenters. The Morgan fingerprint density at radius 1 is 1.04 bits per heavy atom. The maximum absolute atomic E-state index is 11.4. The molecule has 2 fully saturated rings. The highest BCUT2D eigenvalue weighted by atomic mass is 16.5. The highest BCUT2D eigenvalue weighted by Gasteiger charge is 2.25. The summed E-state index contributed by atoms with van der Waals surface area (Å²) in [6, 6.07) is 1.01. The van der Waals surface area contributed by atoms with E-state index >= 15 is 0 Å². The van der Waals surface area contributed by atoms with Gasteiger partial charge in [-0.25, -0.2) is 0 Å². The van der Waals surface area contributed by atoms with E-state index < -0.39 is 0 Å². The summed E-state index contributed by atoms with van der Waals surface area (Å²) in [4.78, 5) is 11.4. The third kappa shape index (κ3) is 7.19. The first-order chi connectivity index (χ1) is 11.2. The van der Waals surface area contributed by atoms with Gasteiger partial charge in [-0.15, -0.1) is 0 Å². The van der Waals surface area contributed by atoms with Gasteiger partial charge in [-0.2, -0.15) is 0 Å². The summed E-state index contributed by atoms with van der Waals surface area (Å²) in [5.74, 6) is 1.57. The molecule has 2 saturated carbocycles. The van der Waals surface area contributed by atoms with Crippen molar-refractivity contribution in [3.63, 3.8) is 0 Å². The number of esters is 1. The second-order valence-corrected chi connectivity index (χ2v) is 7.38. The standard InChI is InChI=1S/C18H34N2O3/c19-16-5-1-14(2-6-16)13-15-3-7-17(8-4-15)20-10-9-18(22)23-12-11-21/h14-17,20-21H,1-13,19H2. The zero-order chi connectivity index (χ0) is 16.5. The fourth-order valence-electron chi connectivity index (χ4n) is 4.11. The monoisotopic (exact) mass is 326 g/mol. The third-order valence-corrected chi connectivity index (χ3v) is 5.52. The number of carbonyl (C=O) groups excluding carboxylic acids is 1. The van der Waals surface area contributed by atoms with Gasteiger partial charge in [0.05, 0.1) is 13.0 Å². The van der Waals surface area contributed by atoms with Gasteiger partial charge in [-0.1, -0.05) is 0 Å². The lowest BCUT2D eigenvalue weighted by molar-refractivity contribution is -0.144. The van der Waals surface area contributed by atoms with Crippen molar-refractivity contribution in [2.24, 2.45) is 17.6 Å². The number of nitrogens with one attached hydrogen (secondary N) is 1. The van der Waals surface area contributed by atoms with Crippen LogP contribution < -0.4 is 11.1 Å². The Hall–Kier alpha value is -0.650. The van der Waals surface area contributed by atoms with Crippen molar-refractivity contribution in [2.75, 3.05) is 19.8 Å². The van der Waals surface area contributed by atoms with Crippen LogP contribution in [0.2, 0.25) is 0 Å². The zero-order valence-electron chi connectivity index (χ0n) is 14.3. The minimum absolute atomic E-state index is 0.101. The van der Waals surface area contributed by atoms with Crippen molar-refractivity contribution in [1.29, 1.82) is 0 Å². The van der Waals surface area contributed by atoms with Crippen LogP contribution in [0.15, 0.2) is 0 Å². The van der Waals surface area contributed by atoms with Crippen LogP contribution in [0.25, 0.3) is 0 Å². The van der Waals surface area contributed by atoms with Crippen molar-refractivity contribution < 1.29 is 14.6 Å². The number of nitrogens with two attached hydrogens (primary N) is 1. The molecular formula is C18H34N2O3. The van der Waals surface area contributed by atoms with E-state index in [2.05, 4.69) is 5.32 Å². The Labute approximate surface area is 140 Å². The summed E-state index contributed by atoms with van der Waals surface area (Å²) in [5.41, 5.74) is 5.99. The van der Waals surface area contributed by atoms with E-state index in [1.165, 1.54) is 57.8 Å². The first kappa shape index (κ1) is 18.7. The molecule has 134 valence electrons. The van der Waals surface area contributed by atoms with Crippen molar-refractivity contribution in [1.82, 2.24) is 5.32 Å². The van der Waals surface area contributed by atoms with Gasteiger partial charge in [-0.3, -0.25) is 4.79 Å². The highest BCUT2D eigenvalue weighted by Crippen LogP contribution is 2.35. The molecule has 2 rings (SSSR count). The molecule has 4 N–H and O–H groups in total. The van der Waals surface area contributed by atoms with Crippen molar-refractivity contribution in [3.05, 3.63) is 0 Å². The number of aliphatic hydroxyl groups excluding tert-OH is 1. The lowest BCUT2D eigenvalue weighted by atomic mass is 9.76. The van der Waals surface area contributed by atoms with E-state index in [0.717, 1.165) is 11.8 Å². The Morgan fingerprint density at radius 2 is 1.65 bits per heavy atom. The van der Waals surface area contributed by atoms with Gasteiger partial charge in [0, 0.05) is 18.6 Å². The molecule has 0 radical (unpaired) electrons. The van der Waals surface area contributed by atoms with E-state index in [1.54, 1.807) is 0 Å². The lowest BCUT2D eigenvalue weighted by Gasteiger charge is -2.33. The molecule has 2 aliphatic rings. The Kier molecular flexibility index (Phi) is 8.34. The van der Waals surface area contributed by atoms with Crippen molar-refractivity contribution in [2.45, 2.75) is 76.3 Å². The summed E-state index contributed by atoms with van der Waals surface area (Å²) in [6.07, 6.45) is 12.0. The van der Waals surface area contributed by atoms with Crippen LogP contribution in [0, 0.1) is 11.8 Å². The Balaban J connectivity index is 1.53. The molecule has 0 atom stereocenters. The summed E-state index contributed by atoms with van der Waals surface area (Å²) in [6.45, 7) is 0.687. The van der Waals surface area contributed by atoms with Crippen LogP contribution in [0.4, 0.5) is 0 Å². The Bertz CT molecular complexity index is 335. The van der Waals surface area contributed by atoms with Gasteiger partial charge in [0.1, 0.15) is 6.61 Å². The number of ether oxygens (including phenoxy) is 1. The minimum Gasteiger partial charge on any atom is -0.463 e. The van der Waals surface area contributed by atoms with Crippen LogP contribution in [0.1, 0.15) is 64.2 Å². The highest BCUT2D eigenvalue weighted by molar-refractivity contribution is 5.69. The van der Waals surface area contributed by atoms with Gasteiger partial charge < -0.3 is 20.9 Å². The smallest absolute Gasteiger partial charge is 0.307 e. The minimum atomic E-state index is -0.226. The Morgan fingerprint density at radius 3 is 2.26 bits per heavy atom. The van der Waals surface area contributed by atoms with Crippen LogP contribution in [-0.2, 0) is 9.53 Å². The van der Waals surface area contributed by atoms with Crippen LogP contribution in [0.5, 0.6) is 0 Å². The van der Waals surface area contributed by atoms with Gasteiger partial charge in [0.25, 0.3) is 0 Å². The van der Waals surface area contributed by atoms with Crippen LogP contribution >= 0.6 is 0 Å². The van der Waals surface area contributed by atoms with E-state index in [1.807, 2.05) is 0 Å². The number of hydrogen-bond acceptors (Lipinski definition) is 5. The lowest BCUT2D eigenvalue weighted by Crippen LogP contribution is -2.35. The topological polar surface area (TPSA) is 84.6 Å². The molecule has 5 heteroatoms. The molecule has 5 nitrogen and oxygen atoms in total. The molecule has 0 aromatic carbocycles. The second-order valence-electron chi connectivity index (χ2n) is 7.38. The van der Waals surface area contributed by atoms with Crippen LogP contribution in [0.3, 0.4) is 0 Å². The van der Waals surface area contributed by atoms with Crippen molar-refractivity contribution in [3.8, 4) is 0 Å². The molecule has 0 bridgehead atoms. The predicted molar refractivity (Wildman–Crippen MR) is 91.0 cm³/mol. The summed E-state index contributed by atoms with van der Waals surface area (Å²) in [5, 5.41) is 12.1. The molecule has 0 aromatic rings. The molecular weight excluding hydrogens is 292 g/mol. The van der Waals surface area contributed by atoms with Gasteiger partial charge in [-0.05, 0) is 69.6 Å². The second kappa shape index (κ2) is 10.3. The fraction of sp³-hybridized carbons (Fsp3) is 0.944. The SMILES string of the molecule is NC1CCC(CC2CCC(NCCC(=O)OCCO)CC2)CC1. The molecule has 0 heterocycles.